The Morgan fingerprint density at radius 2 is 2.05 bits per heavy atom. The van der Waals surface area contributed by atoms with Gasteiger partial charge in [-0.25, -0.2) is 0 Å². The van der Waals surface area contributed by atoms with Crippen LogP contribution in [0.2, 0.25) is 0 Å². The lowest BCUT2D eigenvalue weighted by Crippen LogP contribution is -2.25. The molecule has 0 aliphatic rings. The van der Waals surface area contributed by atoms with Crippen LogP contribution in [0, 0.1) is 11.3 Å². The summed E-state index contributed by atoms with van der Waals surface area (Å²) in [5.41, 5.74) is 1.29. The highest BCUT2D eigenvalue weighted by atomic mass is 32.1. The van der Waals surface area contributed by atoms with Gasteiger partial charge < -0.3 is 5.32 Å². The summed E-state index contributed by atoms with van der Waals surface area (Å²) in [5.74, 6) is -0.300. The zero-order chi connectivity index (χ0) is 15.8. The molecule has 0 saturated carbocycles. The molecule has 1 aromatic carbocycles. The minimum absolute atomic E-state index is 0.151. The molecule has 1 heterocycles. The second-order valence-corrected chi connectivity index (χ2v) is 5.96. The first-order valence-corrected chi connectivity index (χ1v) is 8.11. The van der Waals surface area contributed by atoms with E-state index >= 15 is 0 Å². The van der Waals surface area contributed by atoms with Crippen molar-refractivity contribution in [2.45, 2.75) is 19.8 Å². The van der Waals surface area contributed by atoms with E-state index in [1.165, 1.54) is 0 Å². The molecule has 0 saturated heterocycles. The maximum absolute atomic E-state index is 11.9. The smallest absolute Gasteiger partial charge is 0.261 e. The van der Waals surface area contributed by atoms with Crippen molar-refractivity contribution in [2.24, 2.45) is 0 Å². The number of hydrogen-bond acceptors (Lipinski definition) is 3. The molecule has 1 N–H and O–H groups in total. The van der Waals surface area contributed by atoms with Gasteiger partial charge in [-0.05, 0) is 30.2 Å². The largest absolute Gasteiger partial charge is 0.351 e. The molecular weight excluding hydrogens is 292 g/mol. The predicted molar refractivity (Wildman–Crippen MR) is 91.3 cm³/mol. The fraction of sp³-hybridized carbons (Fsp3) is 0.222. The van der Waals surface area contributed by atoms with Gasteiger partial charge in [0.2, 0.25) is 0 Å². The lowest BCUT2D eigenvalue weighted by atomic mass is 10.2. The number of rotatable bonds is 6. The van der Waals surface area contributed by atoms with Crippen LogP contribution in [0.4, 0.5) is 0 Å². The zero-order valence-electron chi connectivity index (χ0n) is 12.5. The van der Waals surface area contributed by atoms with E-state index in [1.807, 2.05) is 48.5 Å². The number of benzene rings is 1. The molecule has 0 spiro atoms. The molecule has 1 aromatic heterocycles. The maximum atomic E-state index is 11.9. The van der Waals surface area contributed by atoms with Gasteiger partial charge in [0, 0.05) is 16.3 Å². The van der Waals surface area contributed by atoms with Crippen LogP contribution in [0.15, 0.2) is 48.0 Å². The molecule has 2 rings (SSSR count). The van der Waals surface area contributed by atoms with Crippen LogP contribution in [0.1, 0.15) is 24.6 Å². The molecule has 4 heteroatoms. The van der Waals surface area contributed by atoms with Crippen LogP contribution >= 0.6 is 11.3 Å². The quantitative estimate of drug-likeness (QED) is 0.493. The third-order valence-corrected chi connectivity index (χ3v) is 4.23. The van der Waals surface area contributed by atoms with Crippen molar-refractivity contribution in [1.29, 1.82) is 5.26 Å². The van der Waals surface area contributed by atoms with Gasteiger partial charge >= 0.3 is 0 Å². The topological polar surface area (TPSA) is 52.9 Å². The SMILES string of the molecule is CCCCNC(=O)/C(C#N)=C/c1ccc(-c2ccccc2)s1. The molecule has 3 nitrogen and oxygen atoms in total. The summed E-state index contributed by atoms with van der Waals surface area (Å²) < 4.78 is 0. The Morgan fingerprint density at radius 1 is 1.27 bits per heavy atom. The first kappa shape index (κ1) is 16.0. The fourth-order valence-electron chi connectivity index (χ4n) is 1.95. The number of carbonyl (C=O) groups is 1. The Balaban J connectivity index is 2.12. The number of nitrogens with zero attached hydrogens (tertiary/aromatic N) is 1. The molecule has 22 heavy (non-hydrogen) atoms. The van der Waals surface area contributed by atoms with Gasteiger partial charge in [-0.3, -0.25) is 4.79 Å². The van der Waals surface area contributed by atoms with Crippen molar-refractivity contribution in [3.05, 3.63) is 52.9 Å². The molecule has 0 aliphatic carbocycles. The van der Waals surface area contributed by atoms with E-state index < -0.39 is 0 Å². The summed E-state index contributed by atoms with van der Waals surface area (Å²) in [6.45, 7) is 2.66. The summed E-state index contributed by atoms with van der Waals surface area (Å²) in [5, 5.41) is 11.9. The van der Waals surface area contributed by atoms with E-state index in [0.717, 1.165) is 28.2 Å². The van der Waals surface area contributed by atoms with E-state index in [0.29, 0.717) is 6.54 Å². The maximum Gasteiger partial charge on any atom is 0.261 e. The predicted octanol–water partition coefficient (Wildman–Crippen LogP) is 4.24. The van der Waals surface area contributed by atoms with Crippen LogP contribution < -0.4 is 5.32 Å². The molecule has 0 unspecified atom stereocenters. The Bertz CT molecular complexity index is 695. The van der Waals surface area contributed by atoms with E-state index in [9.17, 15) is 4.79 Å². The highest BCUT2D eigenvalue weighted by molar-refractivity contribution is 7.16. The highest BCUT2D eigenvalue weighted by Crippen LogP contribution is 2.29. The first-order chi connectivity index (χ1) is 10.7. The minimum Gasteiger partial charge on any atom is -0.351 e. The molecule has 0 aliphatic heterocycles. The van der Waals surface area contributed by atoms with Crippen molar-refractivity contribution in [3.63, 3.8) is 0 Å². The van der Waals surface area contributed by atoms with Gasteiger partial charge in [0.15, 0.2) is 0 Å². The van der Waals surface area contributed by atoms with Gasteiger partial charge in [-0.1, -0.05) is 43.7 Å². The highest BCUT2D eigenvalue weighted by Gasteiger charge is 2.09. The normalized spacial score (nSPS) is 11.0. The second kappa shape index (κ2) is 8.16. The Kier molecular flexibility index (Phi) is 5.93. The van der Waals surface area contributed by atoms with Crippen molar-refractivity contribution in [2.75, 3.05) is 6.54 Å². The Labute approximate surface area is 134 Å². The van der Waals surface area contributed by atoms with Crippen LogP contribution in [0.25, 0.3) is 16.5 Å². The van der Waals surface area contributed by atoms with E-state index in [-0.39, 0.29) is 11.5 Å². The van der Waals surface area contributed by atoms with Crippen molar-refractivity contribution >= 4 is 23.3 Å². The number of thiophene rings is 1. The van der Waals surface area contributed by atoms with Gasteiger partial charge in [0.25, 0.3) is 5.91 Å². The van der Waals surface area contributed by atoms with Crippen molar-refractivity contribution in [1.82, 2.24) is 5.32 Å². The van der Waals surface area contributed by atoms with E-state index in [1.54, 1.807) is 17.4 Å². The number of amides is 1. The zero-order valence-corrected chi connectivity index (χ0v) is 13.3. The molecule has 112 valence electrons. The van der Waals surface area contributed by atoms with Crippen LogP contribution in [-0.4, -0.2) is 12.5 Å². The summed E-state index contributed by atoms with van der Waals surface area (Å²) in [6, 6.07) is 16.0. The van der Waals surface area contributed by atoms with Gasteiger partial charge in [-0.2, -0.15) is 5.26 Å². The van der Waals surface area contributed by atoms with Crippen LogP contribution in [0.5, 0.6) is 0 Å². The van der Waals surface area contributed by atoms with Crippen molar-refractivity contribution in [3.8, 4) is 16.5 Å². The summed E-state index contributed by atoms with van der Waals surface area (Å²) >= 11 is 1.57. The molecular formula is C18H18N2OS. The molecule has 0 atom stereocenters. The van der Waals surface area contributed by atoms with Crippen LogP contribution in [-0.2, 0) is 4.79 Å². The summed E-state index contributed by atoms with van der Waals surface area (Å²) in [4.78, 5) is 14.0. The number of carbonyl (C=O) groups excluding carboxylic acids is 1. The fourth-order valence-corrected chi connectivity index (χ4v) is 2.91. The Hall–Kier alpha value is -2.38. The average Bonchev–Trinajstić information content (AvgIpc) is 3.02. The number of unbranched alkanes of at least 4 members (excludes halogenated alkanes) is 1. The van der Waals surface area contributed by atoms with E-state index in [4.69, 9.17) is 5.26 Å². The molecule has 1 amide bonds. The van der Waals surface area contributed by atoms with Gasteiger partial charge in [-0.15, -0.1) is 11.3 Å². The van der Waals surface area contributed by atoms with Crippen LogP contribution in [0.3, 0.4) is 0 Å². The van der Waals surface area contributed by atoms with E-state index in [2.05, 4.69) is 12.2 Å². The van der Waals surface area contributed by atoms with Crippen molar-refractivity contribution < 1.29 is 4.79 Å². The third-order valence-electron chi connectivity index (χ3n) is 3.15. The first-order valence-electron chi connectivity index (χ1n) is 7.30. The lowest BCUT2D eigenvalue weighted by molar-refractivity contribution is -0.117. The third kappa shape index (κ3) is 4.31. The molecule has 2 aromatic rings. The molecule has 0 fully saturated rings. The molecule has 0 bridgehead atoms. The lowest BCUT2D eigenvalue weighted by Gasteiger charge is -2.02. The van der Waals surface area contributed by atoms with Gasteiger partial charge in [0.1, 0.15) is 11.6 Å². The Morgan fingerprint density at radius 3 is 2.73 bits per heavy atom. The number of nitriles is 1. The molecule has 0 radical (unpaired) electrons. The monoisotopic (exact) mass is 310 g/mol. The summed E-state index contributed by atoms with van der Waals surface area (Å²) in [7, 11) is 0. The number of nitrogens with one attached hydrogen (secondary N) is 1. The second-order valence-electron chi connectivity index (χ2n) is 4.85. The van der Waals surface area contributed by atoms with Gasteiger partial charge in [0.05, 0.1) is 0 Å². The standard InChI is InChI=1S/C18H18N2OS/c1-2-3-11-20-18(21)15(13-19)12-16-9-10-17(22-16)14-7-5-4-6-8-14/h4-10,12H,2-3,11H2,1H3,(H,20,21)/b15-12+. The minimum atomic E-state index is -0.300. The number of hydrogen-bond donors (Lipinski definition) is 1. The summed E-state index contributed by atoms with van der Waals surface area (Å²) in [6.07, 6.45) is 3.58. The average molecular weight is 310 g/mol.